The number of aromatic nitrogens is 2. The molecule has 0 aliphatic rings. The zero-order valence-corrected chi connectivity index (χ0v) is 9.19. The molecule has 0 bridgehead atoms. The molecule has 0 unspecified atom stereocenters. The first-order valence-electron chi connectivity index (χ1n) is 5.10. The molecule has 88 valence electrons. The van der Waals surface area contributed by atoms with E-state index in [4.69, 9.17) is 0 Å². The van der Waals surface area contributed by atoms with Crippen LogP contribution in [0.4, 0.5) is 8.78 Å². The Bertz CT molecular complexity index is 471. The molecule has 0 fully saturated rings. The monoisotopic (exact) mass is 235 g/mol. The molecular formula is C12H11F2N3. The van der Waals surface area contributed by atoms with Gasteiger partial charge in [0.25, 0.3) is 0 Å². The minimum absolute atomic E-state index is 0.354. The molecular weight excluding hydrogens is 224 g/mol. The number of hydrogen-bond acceptors (Lipinski definition) is 3. The first kappa shape index (κ1) is 11.6. The number of pyridine rings is 2. The van der Waals surface area contributed by atoms with Gasteiger partial charge < -0.3 is 5.32 Å². The molecule has 0 amide bonds. The number of nitrogens with one attached hydrogen (secondary N) is 1. The van der Waals surface area contributed by atoms with Gasteiger partial charge in [-0.1, -0.05) is 0 Å². The Hall–Kier alpha value is -1.88. The first-order valence-corrected chi connectivity index (χ1v) is 5.10. The number of halogens is 2. The van der Waals surface area contributed by atoms with Crippen molar-refractivity contribution in [2.75, 3.05) is 7.05 Å². The van der Waals surface area contributed by atoms with Gasteiger partial charge in [0.15, 0.2) is 0 Å². The quantitative estimate of drug-likeness (QED) is 0.884. The molecule has 3 nitrogen and oxygen atoms in total. The lowest BCUT2D eigenvalue weighted by molar-refractivity contribution is 0.541. The molecule has 2 aromatic heterocycles. The average molecular weight is 235 g/mol. The highest BCUT2D eigenvalue weighted by atomic mass is 19.1. The van der Waals surface area contributed by atoms with Crippen molar-refractivity contribution in [2.45, 2.75) is 6.04 Å². The summed E-state index contributed by atoms with van der Waals surface area (Å²) < 4.78 is 27.2. The topological polar surface area (TPSA) is 37.8 Å². The predicted molar refractivity (Wildman–Crippen MR) is 59.3 cm³/mol. The van der Waals surface area contributed by atoms with Crippen molar-refractivity contribution in [3.8, 4) is 0 Å². The van der Waals surface area contributed by atoms with E-state index in [1.54, 1.807) is 7.05 Å². The van der Waals surface area contributed by atoms with E-state index in [9.17, 15) is 8.78 Å². The lowest BCUT2D eigenvalue weighted by atomic mass is 10.00. The van der Waals surface area contributed by atoms with Crippen molar-refractivity contribution >= 4 is 0 Å². The van der Waals surface area contributed by atoms with E-state index >= 15 is 0 Å². The first-order chi connectivity index (χ1) is 8.24. The standard InChI is InChI=1S/C12H11F2N3/c1-15-12(8-2-4-16-6-10(8)13)9-3-5-17-7-11(9)14/h2-7,12,15H,1H3. The molecule has 2 heterocycles. The second-order valence-corrected chi connectivity index (χ2v) is 3.52. The molecule has 0 aliphatic heterocycles. The van der Waals surface area contributed by atoms with Gasteiger partial charge >= 0.3 is 0 Å². The van der Waals surface area contributed by atoms with Crippen molar-refractivity contribution in [3.63, 3.8) is 0 Å². The Morgan fingerprint density at radius 3 is 1.82 bits per heavy atom. The van der Waals surface area contributed by atoms with Gasteiger partial charge in [-0.15, -0.1) is 0 Å². The minimum atomic E-state index is -0.555. The molecule has 0 spiro atoms. The zero-order chi connectivity index (χ0) is 12.3. The van der Waals surface area contributed by atoms with Crippen molar-refractivity contribution in [3.05, 3.63) is 59.7 Å². The van der Waals surface area contributed by atoms with Gasteiger partial charge in [0, 0.05) is 23.5 Å². The van der Waals surface area contributed by atoms with Gasteiger partial charge in [0.1, 0.15) is 11.6 Å². The average Bonchev–Trinajstić information content (AvgIpc) is 2.34. The number of nitrogens with zero attached hydrogens (tertiary/aromatic N) is 2. The van der Waals surface area contributed by atoms with E-state index in [-0.39, 0.29) is 0 Å². The fourth-order valence-electron chi connectivity index (χ4n) is 1.72. The SMILES string of the molecule is CNC(c1ccncc1F)c1ccncc1F. The highest BCUT2D eigenvalue weighted by Crippen LogP contribution is 2.24. The molecule has 0 saturated heterocycles. The summed E-state index contributed by atoms with van der Waals surface area (Å²) in [6.45, 7) is 0. The maximum Gasteiger partial charge on any atom is 0.146 e. The van der Waals surface area contributed by atoms with E-state index in [2.05, 4.69) is 15.3 Å². The summed E-state index contributed by atoms with van der Waals surface area (Å²) in [6, 6.07) is 2.49. The van der Waals surface area contributed by atoms with Crippen molar-refractivity contribution < 1.29 is 8.78 Å². The Morgan fingerprint density at radius 2 is 1.47 bits per heavy atom. The highest BCUT2D eigenvalue weighted by molar-refractivity contribution is 5.30. The summed E-state index contributed by atoms with van der Waals surface area (Å²) in [5.74, 6) is -0.939. The van der Waals surface area contributed by atoms with Gasteiger partial charge in [0.05, 0.1) is 18.4 Å². The third-order valence-electron chi connectivity index (χ3n) is 2.52. The zero-order valence-electron chi connectivity index (χ0n) is 9.19. The van der Waals surface area contributed by atoms with Crippen molar-refractivity contribution in [1.82, 2.24) is 15.3 Å². The summed E-state index contributed by atoms with van der Waals surface area (Å²) in [4.78, 5) is 7.34. The third-order valence-corrected chi connectivity index (χ3v) is 2.52. The summed E-state index contributed by atoms with van der Waals surface area (Å²) >= 11 is 0. The second-order valence-electron chi connectivity index (χ2n) is 3.52. The Kier molecular flexibility index (Phi) is 3.39. The summed E-state index contributed by atoms with van der Waals surface area (Å²) in [5, 5.41) is 2.88. The van der Waals surface area contributed by atoms with E-state index in [1.807, 2.05) is 0 Å². The maximum atomic E-state index is 13.6. The number of rotatable bonds is 3. The van der Waals surface area contributed by atoms with Crippen LogP contribution >= 0.6 is 0 Å². The number of hydrogen-bond donors (Lipinski definition) is 1. The van der Waals surface area contributed by atoms with E-state index < -0.39 is 17.7 Å². The van der Waals surface area contributed by atoms with Crippen LogP contribution in [0.1, 0.15) is 17.2 Å². The van der Waals surface area contributed by atoms with E-state index in [0.717, 1.165) is 12.4 Å². The molecule has 5 heteroatoms. The largest absolute Gasteiger partial charge is 0.309 e. The Morgan fingerprint density at radius 1 is 1.00 bits per heavy atom. The molecule has 0 atom stereocenters. The molecule has 0 saturated carbocycles. The van der Waals surface area contributed by atoms with Crippen molar-refractivity contribution in [2.24, 2.45) is 0 Å². The van der Waals surface area contributed by atoms with E-state index in [0.29, 0.717) is 11.1 Å². The van der Waals surface area contributed by atoms with Gasteiger partial charge in [-0.05, 0) is 19.2 Å². The van der Waals surface area contributed by atoms with Crippen LogP contribution in [0, 0.1) is 11.6 Å². The van der Waals surface area contributed by atoms with Crippen LogP contribution in [0.15, 0.2) is 36.9 Å². The fourth-order valence-corrected chi connectivity index (χ4v) is 1.72. The molecule has 0 radical (unpaired) electrons. The predicted octanol–water partition coefficient (Wildman–Crippen LogP) is 2.06. The van der Waals surface area contributed by atoms with Crippen LogP contribution in [0.2, 0.25) is 0 Å². The van der Waals surface area contributed by atoms with Crippen LogP contribution in [-0.4, -0.2) is 17.0 Å². The minimum Gasteiger partial charge on any atom is -0.309 e. The van der Waals surface area contributed by atoms with Gasteiger partial charge in [0.2, 0.25) is 0 Å². The van der Waals surface area contributed by atoms with E-state index in [1.165, 1.54) is 24.5 Å². The third kappa shape index (κ3) is 2.29. The molecule has 1 N–H and O–H groups in total. The molecule has 0 aromatic carbocycles. The normalized spacial score (nSPS) is 10.8. The summed E-state index contributed by atoms with van der Waals surface area (Å²) in [7, 11) is 1.64. The van der Waals surface area contributed by atoms with Crippen LogP contribution in [0.25, 0.3) is 0 Å². The van der Waals surface area contributed by atoms with Crippen LogP contribution < -0.4 is 5.32 Å². The lowest BCUT2D eigenvalue weighted by Gasteiger charge is -2.17. The molecule has 2 rings (SSSR count). The Balaban J connectivity index is 2.48. The molecule has 17 heavy (non-hydrogen) atoms. The Labute approximate surface area is 97.5 Å². The molecule has 0 aliphatic carbocycles. The summed E-state index contributed by atoms with van der Waals surface area (Å²) in [5.41, 5.74) is 0.709. The highest BCUT2D eigenvalue weighted by Gasteiger charge is 2.19. The van der Waals surface area contributed by atoms with Gasteiger partial charge in [-0.25, -0.2) is 8.78 Å². The fraction of sp³-hybridized carbons (Fsp3) is 0.167. The van der Waals surface area contributed by atoms with Crippen LogP contribution in [0.3, 0.4) is 0 Å². The molecule has 2 aromatic rings. The van der Waals surface area contributed by atoms with Crippen LogP contribution in [0.5, 0.6) is 0 Å². The van der Waals surface area contributed by atoms with Gasteiger partial charge in [-0.3, -0.25) is 9.97 Å². The van der Waals surface area contributed by atoms with Crippen molar-refractivity contribution in [1.29, 1.82) is 0 Å². The van der Waals surface area contributed by atoms with Crippen LogP contribution in [-0.2, 0) is 0 Å². The maximum absolute atomic E-state index is 13.6. The second kappa shape index (κ2) is 4.97. The smallest absolute Gasteiger partial charge is 0.146 e. The van der Waals surface area contributed by atoms with Gasteiger partial charge in [-0.2, -0.15) is 0 Å². The lowest BCUT2D eigenvalue weighted by Crippen LogP contribution is -2.20. The summed E-state index contributed by atoms with van der Waals surface area (Å²) in [6.07, 6.45) is 5.17.